The standard InChI is InChI=1S/C20H18O4/c1-4-14-10-19(21)24-18-11-16(5-6-17(14)18)23-20(22)15-8-12(2)7-13(3)9-15/h5-11H,4H2,1-3H3. The molecule has 0 saturated heterocycles. The molecule has 24 heavy (non-hydrogen) atoms. The number of ether oxygens (including phenoxy) is 1. The van der Waals surface area contributed by atoms with Crippen LogP contribution in [0.25, 0.3) is 11.0 Å². The lowest BCUT2D eigenvalue weighted by molar-refractivity contribution is 0.0734. The first-order valence-corrected chi connectivity index (χ1v) is 7.83. The third-order valence-electron chi connectivity index (χ3n) is 3.85. The summed E-state index contributed by atoms with van der Waals surface area (Å²) in [6.07, 6.45) is 0.726. The quantitative estimate of drug-likeness (QED) is 0.412. The fourth-order valence-corrected chi connectivity index (χ4v) is 2.82. The Morgan fingerprint density at radius 3 is 2.42 bits per heavy atom. The predicted molar refractivity (Wildman–Crippen MR) is 92.7 cm³/mol. The van der Waals surface area contributed by atoms with E-state index < -0.39 is 11.6 Å². The number of fused-ring (bicyclic) bond motifs is 1. The van der Waals surface area contributed by atoms with Crippen molar-refractivity contribution in [1.82, 2.24) is 0 Å². The van der Waals surface area contributed by atoms with E-state index in [1.807, 2.05) is 26.8 Å². The summed E-state index contributed by atoms with van der Waals surface area (Å²) < 4.78 is 10.7. The zero-order chi connectivity index (χ0) is 17.3. The van der Waals surface area contributed by atoms with Crippen LogP contribution in [-0.4, -0.2) is 5.97 Å². The molecular weight excluding hydrogens is 304 g/mol. The Morgan fingerprint density at radius 2 is 1.75 bits per heavy atom. The molecule has 0 saturated carbocycles. The largest absolute Gasteiger partial charge is 0.423 e. The van der Waals surface area contributed by atoms with Crippen molar-refractivity contribution in [3.05, 3.63) is 75.1 Å². The van der Waals surface area contributed by atoms with Crippen molar-refractivity contribution in [3.63, 3.8) is 0 Å². The van der Waals surface area contributed by atoms with Gasteiger partial charge in [0.25, 0.3) is 0 Å². The second kappa shape index (κ2) is 6.32. The van der Waals surface area contributed by atoms with E-state index in [0.29, 0.717) is 16.9 Å². The van der Waals surface area contributed by atoms with Crippen LogP contribution in [0.1, 0.15) is 34.0 Å². The van der Waals surface area contributed by atoms with Gasteiger partial charge in [-0.1, -0.05) is 24.1 Å². The molecule has 0 aliphatic carbocycles. The maximum Gasteiger partial charge on any atom is 0.343 e. The third-order valence-corrected chi connectivity index (χ3v) is 3.85. The Bertz CT molecular complexity index is 962. The molecule has 0 spiro atoms. The summed E-state index contributed by atoms with van der Waals surface area (Å²) in [5.41, 5.74) is 3.42. The molecule has 0 aliphatic rings. The summed E-state index contributed by atoms with van der Waals surface area (Å²) in [6.45, 7) is 5.84. The second-order valence-electron chi connectivity index (χ2n) is 5.87. The maximum absolute atomic E-state index is 12.3. The lowest BCUT2D eigenvalue weighted by Crippen LogP contribution is -2.09. The van der Waals surface area contributed by atoms with E-state index in [2.05, 4.69) is 0 Å². The van der Waals surface area contributed by atoms with Gasteiger partial charge in [0.05, 0.1) is 5.56 Å². The van der Waals surface area contributed by atoms with Gasteiger partial charge in [0, 0.05) is 17.5 Å². The van der Waals surface area contributed by atoms with Crippen molar-refractivity contribution in [2.45, 2.75) is 27.2 Å². The minimum absolute atomic E-state index is 0.350. The van der Waals surface area contributed by atoms with E-state index in [9.17, 15) is 9.59 Å². The average molecular weight is 322 g/mol. The van der Waals surface area contributed by atoms with Gasteiger partial charge in [0.2, 0.25) is 0 Å². The van der Waals surface area contributed by atoms with Crippen LogP contribution in [0.4, 0.5) is 0 Å². The van der Waals surface area contributed by atoms with Crippen molar-refractivity contribution in [2.24, 2.45) is 0 Å². The number of aryl methyl sites for hydroxylation is 3. The van der Waals surface area contributed by atoms with Gasteiger partial charge in [0.1, 0.15) is 11.3 Å². The number of hydrogen-bond donors (Lipinski definition) is 0. The Balaban J connectivity index is 1.95. The molecule has 4 heteroatoms. The van der Waals surface area contributed by atoms with Crippen LogP contribution in [0.2, 0.25) is 0 Å². The highest BCUT2D eigenvalue weighted by atomic mass is 16.5. The maximum atomic E-state index is 12.3. The first kappa shape index (κ1) is 16.0. The van der Waals surface area contributed by atoms with E-state index in [1.165, 1.54) is 6.07 Å². The van der Waals surface area contributed by atoms with Gasteiger partial charge in [-0.25, -0.2) is 9.59 Å². The molecule has 0 fully saturated rings. The molecule has 0 aliphatic heterocycles. The fraction of sp³-hybridized carbons (Fsp3) is 0.200. The zero-order valence-corrected chi connectivity index (χ0v) is 13.9. The second-order valence-corrected chi connectivity index (χ2v) is 5.87. The molecule has 0 N–H and O–H groups in total. The molecule has 1 aromatic heterocycles. The Kier molecular flexibility index (Phi) is 4.21. The highest BCUT2D eigenvalue weighted by Gasteiger charge is 2.12. The Morgan fingerprint density at radius 1 is 1.04 bits per heavy atom. The van der Waals surface area contributed by atoms with Gasteiger partial charge in [-0.15, -0.1) is 0 Å². The van der Waals surface area contributed by atoms with Crippen LogP contribution >= 0.6 is 0 Å². The number of benzene rings is 2. The molecule has 1 heterocycles. The van der Waals surface area contributed by atoms with E-state index in [-0.39, 0.29) is 0 Å². The van der Waals surface area contributed by atoms with Crippen LogP contribution in [0.3, 0.4) is 0 Å². The van der Waals surface area contributed by atoms with E-state index in [4.69, 9.17) is 9.15 Å². The van der Waals surface area contributed by atoms with Crippen molar-refractivity contribution in [3.8, 4) is 5.75 Å². The van der Waals surface area contributed by atoms with Gasteiger partial charge in [0.15, 0.2) is 0 Å². The Hall–Kier alpha value is -2.88. The van der Waals surface area contributed by atoms with Crippen molar-refractivity contribution in [1.29, 1.82) is 0 Å². The van der Waals surface area contributed by atoms with Gasteiger partial charge in [-0.05, 0) is 50.1 Å². The number of carbonyl (C=O) groups excluding carboxylic acids is 1. The normalized spacial score (nSPS) is 10.8. The van der Waals surface area contributed by atoms with Gasteiger partial charge in [-0.3, -0.25) is 0 Å². The van der Waals surface area contributed by atoms with Gasteiger partial charge >= 0.3 is 11.6 Å². The number of carbonyl (C=O) groups is 1. The van der Waals surface area contributed by atoms with Gasteiger partial charge in [-0.2, -0.15) is 0 Å². The molecule has 3 aromatic rings. The van der Waals surface area contributed by atoms with Crippen LogP contribution in [0.5, 0.6) is 5.75 Å². The fourth-order valence-electron chi connectivity index (χ4n) is 2.82. The smallest absolute Gasteiger partial charge is 0.343 e. The lowest BCUT2D eigenvalue weighted by Gasteiger charge is -2.08. The highest BCUT2D eigenvalue weighted by molar-refractivity contribution is 5.92. The van der Waals surface area contributed by atoms with Crippen molar-refractivity contribution in [2.75, 3.05) is 0 Å². The van der Waals surface area contributed by atoms with E-state index in [1.54, 1.807) is 30.3 Å². The van der Waals surface area contributed by atoms with E-state index >= 15 is 0 Å². The summed E-state index contributed by atoms with van der Waals surface area (Å²) in [4.78, 5) is 23.9. The molecule has 0 bridgehead atoms. The van der Waals surface area contributed by atoms with Gasteiger partial charge < -0.3 is 9.15 Å². The summed E-state index contributed by atoms with van der Waals surface area (Å²) in [5, 5.41) is 0.850. The number of rotatable bonds is 3. The molecule has 0 radical (unpaired) electrons. The zero-order valence-electron chi connectivity index (χ0n) is 13.9. The summed E-state index contributed by atoms with van der Waals surface area (Å²) in [6, 6.07) is 12.1. The van der Waals surface area contributed by atoms with Crippen LogP contribution in [-0.2, 0) is 6.42 Å². The minimum atomic E-state index is -0.435. The van der Waals surface area contributed by atoms with Crippen LogP contribution in [0, 0.1) is 13.8 Å². The summed E-state index contributed by atoms with van der Waals surface area (Å²) >= 11 is 0. The first-order chi connectivity index (χ1) is 11.5. The third kappa shape index (κ3) is 3.23. The molecule has 3 rings (SSSR count). The monoisotopic (exact) mass is 322 g/mol. The molecular formula is C20H18O4. The van der Waals surface area contributed by atoms with Crippen molar-refractivity contribution < 1.29 is 13.9 Å². The Labute approximate surface area is 139 Å². The SMILES string of the molecule is CCc1cc(=O)oc2cc(OC(=O)c3cc(C)cc(C)c3)ccc12. The molecule has 4 nitrogen and oxygen atoms in total. The summed E-state index contributed by atoms with van der Waals surface area (Å²) in [7, 11) is 0. The van der Waals surface area contributed by atoms with Crippen LogP contribution in [0.15, 0.2) is 51.7 Å². The molecule has 0 unspecified atom stereocenters. The minimum Gasteiger partial charge on any atom is -0.423 e. The molecule has 2 aromatic carbocycles. The molecule has 122 valence electrons. The number of esters is 1. The average Bonchev–Trinajstić information content (AvgIpc) is 2.52. The predicted octanol–water partition coefficient (Wildman–Crippen LogP) is 4.19. The van der Waals surface area contributed by atoms with E-state index in [0.717, 1.165) is 28.5 Å². The summed E-state index contributed by atoms with van der Waals surface area (Å²) in [5.74, 6) is -0.0850. The first-order valence-electron chi connectivity index (χ1n) is 7.83. The topological polar surface area (TPSA) is 56.5 Å². The van der Waals surface area contributed by atoms with Crippen molar-refractivity contribution >= 4 is 16.9 Å². The van der Waals surface area contributed by atoms with Crippen LogP contribution < -0.4 is 10.4 Å². The molecule has 0 atom stereocenters. The lowest BCUT2D eigenvalue weighted by atomic mass is 10.1. The highest BCUT2D eigenvalue weighted by Crippen LogP contribution is 2.24. The molecule has 0 amide bonds. The number of hydrogen-bond acceptors (Lipinski definition) is 4.